The Bertz CT molecular complexity index is 906. The van der Waals surface area contributed by atoms with Crippen LogP contribution >= 0.6 is 12.2 Å². The molecule has 3 rings (SSSR count). The minimum absolute atomic E-state index is 0.0688. The van der Waals surface area contributed by atoms with Crippen LogP contribution in [0.4, 0.5) is 5.69 Å². The van der Waals surface area contributed by atoms with E-state index >= 15 is 0 Å². The third kappa shape index (κ3) is 3.36. The number of ether oxygens (including phenoxy) is 1. The fourth-order valence-electron chi connectivity index (χ4n) is 2.39. The van der Waals surface area contributed by atoms with Crippen molar-refractivity contribution in [3.8, 4) is 0 Å². The fourth-order valence-corrected chi connectivity index (χ4v) is 2.50. The van der Waals surface area contributed by atoms with Gasteiger partial charge in [-0.3, -0.25) is 0 Å². The highest BCUT2D eigenvalue weighted by atomic mass is 32.1. The number of nitrogens with one attached hydrogen (secondary N) is 1. The Balaban J connectivity index is 2.05. The number of thiocarbonyl (C=S) groups is 1. The predicted octanol–water partition coefficient (Wildman–Crippen LogP) is 2.86. The molecule has 0 aliphatic carbocycles. The smallest absolute Gasteiger partial charge is 0.338 e. The second kappa shape index (κ2) is 6.67. The summed E-state index contributed by atoms with van der Waals surface area (Å²) in [5.41, 5.74) is 8.45. The van der Waals surface area contributed by atoms with Crippen LogP contribution in [0.3, 0.4) is 0 Å². The fraction of sp³-hybridized carbons (Fsp3) is 0.118. The quantitative estimate of drug-likeness (QED) is 0.557. The van der Waals surface area contributed by atoms with E-state index in [1.54, 1.807) is 12.1 Å². The number of carbonyl (C=O) groups is 1. The molecule has 1 heterocycles. The maximum absolute atomic E-state index is 11.8. The van der Waals surface area contributed by atoms with E-state index in [9.17, 15) is 4.79 Å². The Kier molecular flexibility index (Phi) is 4.43. The number of fused-ring (bicyclic) bond motifs is 1. The van der Waals surface area contributed by atoms with Crippen molar-refractivity contribution in [1.82, 2.24) is 4.98 Å². The van der Waals surface area contributed by atoms with Crippen molar-refractivity contribution in [3.05, 3.63) is 59.5 Å². The Morgan fingerprint density at radius 1 is 1.33 bits per heavy atom. The third-order valence-corrected chi connectivity index (χ3v) is 3.51. The summed E-state index contributed by atoms with van der Waals surface area (Å²) in [6, 6.07) is 13.0. The van der Waals surface area contributed by atoms with Gasteiger partial charge in [0.1, 0.15) is 5.52 Å². The Morgan fingerprint density at radius 3 is 2.75 bits per heavy atom. The van der Waals surface area contributed by atoms with Crippen LogP contribution in [0.2, 0.25) is 0 Å². The lowest BCUT2D eigenvalue weighted by molar-refractivity contribution is 0.0601. The molecule has 3 N–H and O–H groups in total. The van der Waals surface area contributed by atoms with Gasteiger partial charge < -0.3 is 20.2 Å². The number of benzene rings is 2. The summed E-state index contributed by atoms with van der Waals surface area (Å²) in [6.07, 6.45) is 0.537. The van der Waals surface area contributed by atoms with Gasteiger partial charge in [0, 0.05) is 6.42 Å². The molecule has 0 amide bonds. The molecular formula is C17H15N3O3S. The second-order valence-electron chi connectivity index (χ2n) is 5.12. The highest BCUT2D eigenvalue weighted by molar-refractivity contribution is 7.80. The van der Waals surface area contributed by atoms with Crippen molar-refractivity contribution in [2.75, 3.05) is 12.4 Å². The topological polar surface area (TPSA) is 90.4 Å². The third-order valence-electron chi connectivity index (χ3n) is 3.41. The summed E-state index contributed by atoms with van der Waals surface area (Å²) in [4.78, 5) is 16.3. The molecule has 0 saturated carbocycles. The first-order valence-electron chi connectivity index (χ1n) is 7.19. The van der Waals surface area contributed by atoms with Crippen molar-refractivity contribution in [3.63, 3.8) is 0 Å². The van der Waals surface area contributed by atoms with Gasteiger partial charge in [-0.05, 0) is 29.9 Å². The van der Waals surface area contributed by atoms with Gasteiger partial charge in [-0.25, -0.2) is 9.78 Å². The van der Waals surface area contributed by atoms with E-state index in [0.29, 0.717) is 34.7 Å². The van der Waals surface area contributed by atoms with Crippen LogP contribution in [0.15, 0.2) is 46.9 Å². The van der Waals surface area contributed by atoms with Gasteiger partial charge in [0.15, 0.2) is 16.6 Å². The summed E-state index contributed by atoms with van der Waals surface area (Å²) in [5, 5.41) is 2.88. The number of carbonyl (C=O) groups excluding carboxylic acids is 1. The minimum atomic E-state index is -0.476. The molecule has 0 aliphatic rings. The molecule has 7 heteroatoms. The highest BCUT2D eigenvalue weighted by Crippen LogP contribution is 2.28. The molecule has 2 aromatic carbocycles. The number of aromatic nitrogens is 1. The zero-order valence-electron chi connectivity index (χ0n) is 12.9. The molecule has 3 aromatic rings. The van der Waals surface area contributed by atoms with Crippen LogP contribution in [0, 0.1) is 0 Å². The maximum atomic E-state index is 11.8. The van der Waals surface area contributed by atoms with E-state index in [1.807, 2.05) is 30.3 Å². The summed E-state index contributed by atoms with van der Waals surface area (Å²) in [6.45, 7) is 0. The number of rotatable bonds is 4. The predicted molar refractivity (Wildman–Crippen MR) is 95.0 cm³/mol. The molecule has 0 saturated heterocycles. The van der Waals surface area contributed by atoms with Crippen molar-refractivity contribution in [2.45, 2.75) is 6.42 Å². The lowest BCUT2D eigenvalue weighted by Crippen LogP contribution is -2.19. The van der Waals surface area contributed by atoms with E-state index < -0.39 is 5.97 Å². The van der Waals surface area contributed by atoms with Crippen LogP contribution in [-0.2, 0) is 11.2 Å². The molecule has 0 radical (unpaired) electrons. The van der Waals surface area contributed by atoms with Crippen LogP contribution in [0.25, 0.3) is 11.1 Å². The number of nitrogens with two attached hydrogens (primary N) is 1. The van der Waals surface area contributed by atoms with Gasteiger partial charge in [0.05, 0.1) is 18.4 Å². The standard InChI is InChI=1S/C17H15N3O3S/c1-22-16(21)11-8-12-15(13(9-11)20-17(18)24)23-14(19-12)7-10-5-3-2-4-6-10/h2-6,8-9H,7H2,1H3,(H3,18,20,24). The number of anilines is 1. The lowest BCUT2D eigenvalue weighted by atomic mass is 10.1. The second-order valence-corrected chi connectivity index (χ2v) is 5.56. The molecule has 6 nitrogen and oxygen atoms in total. The number of hydrogen-bond donors (Lipinski definition) is 2. The van der Waals surface area contributed by atoms with Crippen LogP contribution < -0.4 is 11.1 Å². The minimum Gasteiger partial charge on any atom is -0.465 e. The van der Waals surface area contributed by atoms with Crippen molar-refractivity contribution >= 4 is 40.1 Å². The number of nitrogens with zero attached hydrogens (tertiary/aromatic N) is 1. The molecule has 0 spiro atoms. The zero-order valence-corrected chi connectivity index (χ0v) is 13.7. The molecule has 0 aliphatic heterocycles. The van der Waals surface area contributed by atoms with Crippen molar-refractivity contribution in [1.29, 1.82) is 0 Å². The number of methoxy groups -OCH3 is 1. The van der Waals surface area contributed by atoms with Gasteiger partial charge in [-0.15, -0.1) is 0 Å². The molecule has 1 aromatic heterocycles. The first kappa shape index (κ1) is 15.9. The maximum Gasteiger partial charge on any atom is 0.338 e. The van der Waals surface area contributed by atoms with Crippen LogP contribution in [0.5, 0.6) is 0 Å². The largest absolute Gasteiger partial charge is 0.465 e. The van der Waals surface area contributed by atoms with Crippen molar-refractivity contribution in [2.24, 2.45) is 5.73 Å². The van der Waals surface area contributed by atoms with Crippen LogP contribution in [-0.4, -0.2) is 23.2 Å². The summed E-state index contributed by atoms with van der Waals surface area (Å²) in [7, 11) is 1.32. The molecular weight excluding hydrogens is 326 g/mol. The number of esters is 1. The Morgan fingerprint density at radius 2 is 2.08 bits per heavy atom. The van der Waals surface area contributed by atoms with E-state index in [-0.39, 0.29) is 5.11 Å². The van der Waals surface area contributed by atoms with Crippen LogP contribution in [0.1, 0.15) is 21.8 Å². The Hall–Kier alpha value is -2.93. The average molecular weight is 341 g/mol. The number of hydrogen-bond acceptors (Lipinski definition) is 5. The molecule has 24 heavy (non-hydrogen) atoms. The SMILES string of the molecule is COC(=O)c1cc(NC(N)=S)c2oc(Cc3ccccc3)nc2c1. The first-order valence-corrected chi connectivity index (χ1v) is 7.60. The molecule has 0 unspecified atom stereocenters. The van der Waals surface area contributed by atoms with Gasteiger partial charge in [0.25, 0.3) is 0 Å². The molecule has 0 bridgehead atoms. The van der Waals surface area contributed by atoms with E-state index in [2.05, 4.69) is 10.3 Å². The summed E-state index contributed by atoms with van der Waals surface area (Å²) in [5.74, 6) is 0.0553. The summed E-state index contributed by atoms with van der Waals surface area (Å²) < 4.78 is 10.6. The van der Waals surface area contributed by atoms with Gasteiger partial charge in [-0.2, -0.15) is 0 Å². The van der Waals surface area contributed by atoms with E-state index in [1.165, 1.54) is 7.11 Å². The van der Waals surface area contributed by atoms with E-state index in [4.69, 9.17) is 27.1 Å². The van der Waals surface area contributed by atoms with Gasteiger partial charge in [0.2, 0.25) is 0 Å². The van der Waals surface area contributed by atoms with Gasteiger partial charge >= 0.3 is 5.97 Å². The molecule has 0 fully saturated rings. The molecule has 122 valence electrons. The van der Waals surface area contributed by atoms with E-state index in [0.717, 1.165) is 5.56 Å². The van der Waals surface area contributed by atoms with Gasteiger partial charge in [-0.1, -0.05) is 30.3 Å². The average Bonchev–Trinajstić information content (AvgIpc) is 2.97. The highest BCUT2D eigenvalue weighted by Gasteiger charge is 2.16. The molecule has 0 atom stereocenters. The zero-order chi connectivity index (χ0) is 17.1. The normalized spacial score (nSPS) is 10.5. The van der Waals surface area contributed by atoms with Crippen molar-refractivity contribution < 1.29 is 13.9 Å². The first-order chi connectivity index (χ1) is 11.6. The lowest BCUT2D eigenvalue weighted by Gasteiger charge is -2.06. The monoisotopic (exact) mass is 341 g/mol. The number of oxazole rings is 1. The summed E-state index contributed by atoms with van der Waals surface area (Å²) >= 11 is 4.88. The Labute approximate surface area is 143 Å².